The second-order valence-corrected chi connectivity index (χ2v) is 5.27. The van der Waals surface area contributed by atoms with Crippen molar-refractivity contribution < 1.29 is 17.9 Å². The summed E-state index contributed by atoms with van der Waals surface area (Å²) in [6, 6.07) is 4.74. The molecule has 1 N–H and O–H groups in total. The SMILES string of the molecule is Fc1cc(F)c(OC(c2ccncc2)[C@H]2CCNC2)c(F)c1. The van der Waals surface area contributed by atoms with E-state index in [4.69, 9.17) is 4.74 Å². The van der Waals surface area contributed by atoms with Gasteiger partial charge in [-0.25, -0.2) is 13.2 Å². The number of hydrogen-bond acceptors (Lipinski definition) is 3. The summed E-state index contributed by atoms with van der Waals surface area (Å²) < 4.78 is 46.3. The number of benzene rings is 1. The van der Waals surface area contributed by atoms with Crippen molar-refractivity contribution >= 4 is 0 Å². The fourth-order valence-corrected chi connectivity index (χ4v) is 2.69. The van der Waals surface area contributed by atoms with E-state index in [2.05, 4.69) is 10.3 Å². The van der Waals surface area contributed by atoms with E-state index in [1.165, 1.54) is 0 Å². The lowest BCUT2D eigenvalue weighted by Crippen LogP contribution is -2.22. The van der Waals surface area contributed by atoms with Gasteiger partial charge in [-0.1, -0.05) is 0 Å². The highest BCUT2D eigenvalue weighted by Crippen LogP contribution is 2.34. The van der Waals surface area contributed by atoms with E-state index in [9.17, 15) is 13.2 Å². The standard InChI is InChI=1S/C16H15F3N2O/c17-12-7-13(18)16(14(19)8-12)22-15(11-3-6-21-9-11)10-1-4-20-5-2-10/h1-2,4-5,7-8,11,15,21H,3,6,9H2/t11-,15?/m0/s1. The molecule has 2 aromatic rings. The quantitative estimate of drug-likeness (QED) is 0.941. The summed E-state index contributed by atoms with van der Waals surface area (Å²) in [5.74, 6) is -3.52. The Morgan fingerprint density at radius 2 is 1.82 bits per heavy atom. The molecule has 0 saturated carbocycles. The van der Waals surface area contributed by atoms with Crippen LogP contribution in [0, 0.1) is 23.4 Å². The van der Waals surface area contributed by atoms with E-state index in [1.807, 2.05) is 0 Å². The van der Waals surface area contributed by atoms with Crippen molar-refractivity contribution in [3.63, 3.8) is 0 Å². The molecule has 0 spiro atoms. The topological polar surface area (TPSA) is 34.1 Å². The second kappa shape index (κ2) is 6.36. The van der Waals surface area contributed by atoms with Crippen molar-refractivity contribution in [1.29, 1.82) is 0 Å². The number of nitrogens with one attached hydrogen (secondary N) is 1. The van der Waals surface area contributed by atoms with Crippen LogP contribution < -0.4 is 10.1 Å². The molecule has 1 aliphatic heterocycles. The Kier molecular flexibility index (Phi) is 4.29. The van der Waals surface area contributed by atoms with E-state index in [0.29, 0.717) is 18.7 Å². The summed E-state index contributed by atoms with van der Waals surface area (Å²) in [5.41, 5.74) is 0.784. The summed E-state index contributed by atoms with van der Waals surface area (Å²) in [7, 11) is 0. The Morgan fingerprint density at radius 3 is 2.41 bits per heavy atom. The Labute approximate surface area is 126 Å². The van der Waals surface area contributed by atoms with Crippen LogP contribution in [-0.2, 0) is 0 Å². The van der Waals surface area contributed by atoms with Crippen LogP contribution >= 0.6 is 0 Å². The van der Waals surface area contributed by atoms with Crippen LogP contribution in [0.25, 0.3) is 0 Å². The third kappa shape index (κ3) is 3.06. The van der Waals surface area contributed by atoms with Crippen LogP contribution in [0.1, 0.15) is 18.1 Å². The van der Waals surface area contributed by atoms with Crippen LogP contribution in [0.5, 0.6) is 5.75 Å². The van der Waals surface area contributed by atoms with Gasteiger partial charge in [-0.15, -0.1) is 0 Å². The average molecular weight is 308 g/mol. The fourth-order valence-electron chi connectivity index (χ4n) is 2.69. The Hall–Kier alpha value is -2.08. The minimum atomic E-state index is -1.04. The van der Waals surface area contributed by atoms with Crippen molar-refractivity contribution in [2.45, 2.75) is 12.5 Å². The third-order valence-electron chi connectivity index (χ3n) is 3.77. The first kappa shape index (κ1) is 14.8. The molecule has 1 unspecified atom stereocenters. The van der Waals surface area contributed by atoms with Crippen LogP contribution in [0.3, 0.4) is 0 Å². The largest absolute Gasteiger partial charge is 0.479 e. The zero-order valence-electron chi connectivity index (χ0n) is 11.7. The molecule has 1 saturated heterocycles. The highest BCUT2D eigenvalue weighted by molar-refractivity contribution is 5.29. The molecule has 3 rings (SSSR count). The predicted molar refractivity (Wildman–Crippen MR) is 74.9 cm³/mol. The van der Waals surface area contributed by atoms with Crippen molar-refractivity contribution in [3.05, 3.63) is 59.7 Å². The lowest BCUT2D eigenvalue weighted by atomic mass is 9.95. The second-order valence-electron chi connectivity index (χ2n) is 5.27. The van der Waals surface area contributed by atoms with E-state index in [1.54, 1.807) is 24.5 Å². The normalized spacial score (nSPS) is 19.1. The van der Waals surface area contributed by atoms with Gasteiger partial charge in [0, 0.05) is 37.0 Å². The van der Waals surface area contributed by atoms with Crippen LogP contribution in [0.15, 0.2) is 36.7 Å². The zero-order valence-corrected chi connectivity index (χ0v) is 11.7. The zero-order chi connectivity index (χ0) is 15.5. The van der Waals surface area contributed by atoms with Gasteiger partial charge >= 0.3 is 0 Å². The van der Waals surface area contributed by atoms with Gasteiger partial charge in [-0.3, -0.25) is 4.98 Å². The van der Waals surface area contributed by atoms with Crippen molar-refractivity contribution in [2.24, 2.45) is 5.92 Å². The van der Waals surface area contributed by atoms with Gasteiger partial charge in [0.25, 0.3) is 0 Å². The van der Waals surface area contributed by atoms with E-state index < -0.39 is 29.3 Å². The molecule has 6 heteroatoms. The molecule has 2 heterocycles. The first-order valence-electron chi connectivity index (χ1n) is 7.07. The first-order chi connectivity index (χ1) is 10.6. The molecule has 3 nitrogen and oxygen atoms in total. The molecule has 2 atom stereocenters. The van der Waals surface area contributed by atoms with Gasteiger partial charge < -0.3 is 10.1 Å². The number of halogens is 3. The van der Waals surface area contributed by atoms with Gasteiger partial charge in [0.05, 0.1) is 0 Å². The smallest absolute Gasteiger partial charge is 0.191 e. The minimum absolute atomic E-state index is 0.0752. The van der Waals surface area contributed by atoms with Crippen LogP contribution in [0.2, 0.25) is 0 Å². The first-order valence-corrected chi connectivity index (χ1v) is 7.07. The third-order valence-corrected chi connectivity index (χ3v) is 3.77. The Bertz CT molecular complexity index is 622. The van der Waals surface area contributed by atoms with E-state index >= 15 is 0 Å². The monoisotopic (exact) mass is 308 g/mol. The summed E-state index contributed by atoms with van der Waals surface area (Å²) in [6.07, 6.45) is 3.52. The number of aromatic nitrogens is 1. The number of pyridine rings is 1. The Balaban J connectivity index is 1.94. The molecular weight excluding hydrogens is 293 g/mol. The lowest BCUT2D eigenvalue weighted by molar-refractivity contribution is 0.131. The van der Waals surface area contributed by atoms with Crippen molar-refractivity contribution in [3.8, 4) is 5.75 Å². The highest BCUT2D eigenvalue weighted by atomic mass is 19.1. The maximum Gasteiger partial charge on any atom is 0.191 e. The molecule has 1 fully saturated rings. The fraction of sp³-hybridized carbons (Fsp3) is 0.312. The molecule has 0 radical (unpaired) electrons. The van der Waals surface area contributed by atoms with E-state index in [0.717, 1.165) is 18.5 Å². The van der Waals surface area contributed by atoms with E-state index in [-0.39, 0.29) is 5.92 Å². The predicted octanol–water partition coefficient (Wildman–Crippen LogP) is 3.23. The number of rotatable bonds is 4. The number of hydrogen-bond donors (Lipinski definition) is 1. The van der Waals surface area contributed by atoms with Gasteiger partial charge in [0.1, 0.15) is 11.9 Å². The molecule has 1 aromatic heterocycles. The summed E-state index contributed by atoms with van der Waals surface area (Å²) in [4.78, 5) is 3.94. The Morgan fingerprint density at radius 1 is 1.14 bits per heavy atom. The average Bonchev–Trinajstić information content (AvgIpc) is 3.01. The van der Waals surface area contributed by atoms with Crippen LogP contribution in [0.4, 0.5) is 13.2 Å². The van der Waals surface area contributed by atoms with Crippen molar-refractivity contribution in [1.82, 2.24) is 10.3 Å². The van der Waals surface area contributed by atoms with Gasteiger partial charge in [0.15, 0.2) is 17.4 Å². The molecule has 1 aromatic carbocycles. The molecule has 0 amide bonds. The van der Waals surface area contributed by atoms with Gasteiger partial charge in [-0.2, -0.15) is 0 Å². The highest BCUT2D eigenvalue weighted by Gasteiger charge is 2.30. The maximum atomic E-state index is 13.8. The molecule has 1 aliphatic rings. The van der Waals surface area contributed by atoms with Gasteiger partial charge in [0.2, 0.25) is 0 Å². The summed E-state index contributed by atoms with van der Waals surface area (Å²) >= 11 is 0. The molecule has 22 heavy (non-hydrogen) atoms. The maximum absolute atomic E-state index is 13.8. The molecule has 0 bridgehead atoms. The van der Waals surface area contributed by atoms with Crippen LogP contribution in [-0.4, -0.2) is 18.1 Å². The lowest BCUT2D eigenvalue weighted by Gasteiger charge is -2.25. The molecular formula is C16H15F3N2O. The number of nitrogens with zero attached hydrogens (tertiary/aromatic N) is 1. The molecule has 116 valence electrons. The molecule has 0 aliphatic carbocycles. The van der Waals surface area contributed by atoms with Crippen molar-refractivity contribution in [2.75, 3.05) is 13.1 Å². The number of ether oxygens (including phenoxy) is 1. The summed E-state index contributed by atoms with van der Waals surface area (Å²) in [6.45, 7) is 1.52. The van der Waals surface area contributed by atoms with Gasteiger partial charge in [-0.05, 0) is 30.7 Å². The minimum Gasteiger partial charge on any atom is -0.479 e. The summed E-state index contributed by atoms with van der Waals surface area (Å²) in [5, 5.41) is 3.20.